The molecule has 0 amide bonds. The smallest absolute Gasteiger partial charge is 0.405 e. The third-order valence-corrected chi connectivity index (χ3v) is 4.24. The summed E-state index contributed by atoms with van der Waals surface area (Å²) in [6, 6.07) is 14.4. The summed E-state index contributed by atoms with van der Waals surface area (Å²) in [5.74, 6) is -0.415. The number of benzene rings is 2. The van der Waals surface area contributed by atoms with Crippen LogP contribution in [0.15, 0.2) is 48.5 Å². The highest BCUT2D eigenvalue weighted by Crippen LogP contribution is 2.36. The van der Waals surface area contributed by atoms with Crippen LogP contribution in [0.5, 0.6) is 5.75 Å². The number of aliphatic hydroxyl groups is 1. The van der Waals surface area contributed by atoms with E-state index in [4.69, 9.17) is 5.26 Å². The number of rotatable bonds is 4. The lowest BCUT2D eigenvalue weighted by Crippen LogP contribution is -2.60. The zero-order chi connectivity index (χ0) is 18.0. The van der Waals surface area contributed by atoms with E-state index in [1.165, 1.54) is 12.1 Å². The largest absolute Gasteiger partial charge is 0.573 e. The van der Waals surface area contributed by atoms with E-state index >= 15 is 0 Å². The molecular formula is C18H15F3N2O2. The number of nitriles is 1. The van der Waals surface area contributed by atoms with Crippen molar-refractivity contribution in [2.24, 2.45) is 0 Å². The number of hydrogen-bond acceptors (Lipinski definition) is 4. The molecule has 1 heterocycles. The van der Waals surface area contributed by atoms with E-state index in [-0.39, 0.29) is 30.4 Å². The van der Waals surface area contributed by atoms with Gasteiger partial charge in [-0.15, -0.1) is 13.2 Å². The Labute approximate surface area is 142 Å². The van der Waals surface area contributed by atoms with Crippen molar-refractivity contribution in [3.8, 4) is 22.9 Å². The van der Waals surface area contributed by atoms with Gasteiger partial charge in [0.05, 0.1) is 12.7 Å². The van der Waals surface area contributed by atoms with Gasteiger partial charge in [0.25, 0.3) is 0 Å². The third kappa shape index (κ3) is 3.60. The molecule has 2 aromatic rings. The molecule has 0 aliphatic carbocycles. The number of hydrogen-bond donors (Lipinski definition) is 2. The minimum atomic E-state index is -4.76. The second-order valence-corrected chi connectivity index (χ2v) is 5.75. The molecule has 2 aromatic carbocycles. The fraction of sp³-hybridized carbons (Fsp3) is 0.278. The van der Waals surface area contributed by atoms with Gasteiger partial charge in [0.1, 0.15) is 11.8 Å². The SMILES string of the molecule is N#C[C@@H]1N[C@@H](CO)[C@H]1c1ccc(-c2ccccc2OC(F)(F)F)cc1. The van der Waals surface area contributed by atoms with Gasteiger partial charge in [-0.25, -0.2) is 0 Å². The molecule has 2 N–H and O–H groups in total. The average molecular weight is 348 g/mol. The van der Waals surface area contributed by atoms with Crippen LogP contribution in [0.3, 0.4) is 0 Å². The zero-order valence-corrected chi connectivity index (χ0v) is 13.0. The zero-order valence-electron chi connectivity index (χ0n) is 13.0. The van der Waals surface area contributed by atoms with Crippen molar-refractivity contribution in [1.29, 1.82) is 5.26 Å². The molecule has 25 heavy (non-hydrogen) atoms. The number of aliphatic hydroxyl groups excluding tert-OH is 1. The maximum absolute atomic E-state index is 12.5. The van der Waals surface area contributed by atoms with Crippen molar-refractivity contribution < 1.29 is 23.0 Å². The molecule has 0 bridgehead atoms. The lowest BCUT2D eigenvalue weighted by atomic mass is 9.78. The first-order valence-corrected chi connectivity index (χ1v) is 7.64. The molecule has 7 heteroatoms. The summed E-state index contributed by atoms with van der Waals surface area (Å²) in [5, 5.41) is 21.4. The Morgan fingerprint density at radius 3 is 2.40 bits per heavy atom. The Morgan fingerprint density at radius 1 is 1.12 bits per heavy atom. The molecule has 0 radical (unpaired) electrons. The second-order valence-electron chi connectivity index (χ2n) is 5.75. The molecule has 0 spiro atoms. The number of nitrogens with zero attached hydrogens (tertiary/aromatic N) is 1. The van der Waals surface area contributed by atoms with Crippen molar-refractivity contribution >= 4 is 0 Å². The van der Waals surface area contributed by atoms with Gasteiger partial charge in [0.2, 0.25) is 0 Å². The summed E-state index contributed by atoms with van der Waals surface area (Å²) in [7, 11) is 0. The van der Waals surface area contributed by atoms with E-state index in [0.29, 0.717) is 11.1 Å². The molecule has 3 rings (SSSR count). The Hall–Kier alpha value is -2.56. The van der Waals surface area contributed by atoms with Gasteiger partial charge >= 0.3 is 6.36 Å². The van der Waals surface area contributed by atoms with Crippen molar-refractivity contribution in [1.82, 2.24) is 5.32 Å². The summed E-state index contributed by atoms with van der Waals surface area (Å²) < 4.78 is 41.7. The van der Waals surface area contributed by atoms with Gasteiger partial charge < -0.3 is 9.84 Å². The predicted molar refractivity (Wildman–Crippen MR) is 84.7 cm³/mol. The van der Waals surface area contributed by atoms with Crippen molar-refractivity contribution in [3.63, 3.8) is 0 Å². The first-order valence-electron chi connectivity index (χ1n) is 7.64. The van der Waals surface area contributed by atoms with Crippen LogP contribution in [0.4, 0.5) is 13.2 Å². The lowest BCUT2D eigenvalue weighted by Gasteiger charge is -2.42. The molecule has 4 nitrogen and oxygen atoms in total. The lowest BCUT2D eigenvalue weighted by molar-refractivity contribution is -0.274. The Morgan fingerprint density at radius 2 is 1.80 bits per heavy atom. The normalized spacial score (nSPS) is 22.8. The second kappa shape index (κ2) is 6.75. The quantitative estimate of drug-likeness (QED) is 0.891. The van der Waals surface area contributed by atoms with Crippen LogP contribution in [-0.4, -0.2) is 30.2 Å². The molecule has 1 fully saturated rings. The highest BCUT2D eigenvalue weighted by molar-refractivity contribution is 5.70. The van der Waals surface area contributed by atoms with E-state index in [0.717, 1.165) is 5.56 Å². The van der Waals surface area contributed by atoms with E-state index in [9.17, 15) is 18.3 Å². The first-order chi connectivity index (χ1) is 11.9. The van der Waals surface area contributed by atoms with Gasteiger partial charge in [-0.05, 0) is 17.2 Å². The molecule has 0 unspecified atom stereocenters. The minimum absolute atomic E-state index is 0.0904. The van der Waals surface area contributed by atoms with E-state index in [1.54, 1.807) is 36.4 Å². The van der Waals surface area contributed by atoms with Crippen LogP contribution in [0.1, 0.15) is 11.5 Å². The first kappa shape index (κ1) is 17.3. The molecule has 130 valence electrons. The van der Waals surface area contributed by atoms with Crippen LogP contribution >= 0.6 is 0 Å². The molecule has 0 aromatic heterocycles. The molecular weight excluding hydrogens is 333 g/mol. The van der Waals surface area contributed by atoms with E-state index < -0.39 is 6.36 Å². The van der Waals surface area contributed by atoms with Crippen LogP contribution in [0.25, 0.3) is 11.1 Å². The monoisotopic (exact) mass is 348 g/mol. The fourth-order valence-electron chi connectivity index (χ4n) is 3.06. The maximum atomic E-state index is 12.5. The fourth-order valence-corrected chi connectivity index (χ4v) is 3.06. The van der Waals surface area contributed by atoms with Gasteiger partial charge in [-0.3, -0.25) is 5.32 Å². The Balaban J connectivity index is 1.88. The van der Waals surface area contributed by atoms with Crippen molar-refractivity contribution in [3.05, 3.63) is 54.1 Å². The topological polar surface area (TPSA) is 65.3 Å². The van der Waals surface area contributed by atoms with Crippen LogP contribution in [0.2, 0.25) is 0 Å². The van der Waals surface area contributed by atoms with E-state index in [1.807, 2.05) is 0 Å². The number of nitrogens with one attached hydrogen (secondary N) is 1. The van der Waals surface area contributed by atoms with Gasteiger partial charge in [-0.1, -0.05) is 42.5 Å². The minimum Gasteiger partial charge on any atom is -0.405 e. The number of ether oxygens (including phenoxy) is 1. The molecule has 3 atom stereocenters. The summed E-state index contributed by atoms with van der Waals surface area (Å²) in [4.78, 5) is 0. The summed E-state index contributed by atoms with van der Waals surface area (Å²) >= 11 is 0. The highest BCUT2D eigenvalue weighted by Gasteiger charge is 2.41. The number of alkyl halides is 3. The average Bonchev–Trinajstić information content (AvgIpc) is 2.55. The summed E-state index contributed by atoms with van der Waals surface area (Å²) in [5.41, 5.74) is 1.75. The van der Waals surface area contributed by atoms with Crippen molar-refractivity contribution in [2.75, 3.05) is 6.61 Å². The van der Waals surface area contributed by atoms with Crippen LogP contribution in [-0.2, 0) is 0 Å². The summed E-state index contributed by atoms with van der Waals surface area (Å²) in [6.07, 6.45) is -4.76. The Bertz CT molecular complexity index is 784. The predicted octanol–water partition coefficient (Wildman–Crippen LogP) is 3.19. The standard InChI is InChI=1S/C18H15F3N2O2/c19-18(20,21)25-16-4-2-1-3-13(16)11-5-7-12(8-6-11)17-14(9-22)23-15(17)10-24/h1-8,14-15,17,23-24H,10H2/t14-,15-,17-/m0/s1. The number of halogens is 3. The van der Waals surface area contributed by atoms with E-state index in [2.05, 4.69) is 16.1 Å². The third-order valence-electron chi connectivity index (χ3n) is 4.24. The molecule has 0 saturated carbocycles. The highest BCUT2D eigenvalue weighted by atomic mass is 19.4. The molecule has 1 saturated heterocycles. The number of para-hydroxylation sites is 1. The molecule has 1 aliphatic heterocycles. The van der Waals surface area contributed by atoms with Crippen LogP contribution < -0.4 is 10.1 Å². The maximum Gasteiger partial charge on any atom is 0.573 e. The van der Waals surface area contributed by atoms with Gasteiger partial charge in [0, 0.05) is 17.5 Å². The van der Waals surface area contributed by atoms with Gasteiger partial charge in [0.15, 0.2) is 0 Å². The van der Waals surface area contributed by atoms with Crippen LogP contribution in [0, 0.1) is 11.3 Å². The Kier molecular flexibility index (Phi) is 4.66. The van der Waals surface area contributed by atoms with Gasteiger partial charge in [-0.2, -0.15) is 5.26 Å². The summed E-state index contributed by atoms with van der Waals surface area (Å²) in [6.45, 7) is -0.0904. The molecule has 1 aliphatic rings. The van der Waals surface area contributed by atoms with Crippen molar-refractivity contribution in [2.45, 2.75) is 24.4 Å².